The first-order chi connectivity index (χ1) is 20.4. The van der Waals surface area contributed by atoms with Gasteiger partial charge in [-0.3, -0.25) is 4.79 Å². The molecule has 0 aliphatic rings. The smallest absolute Gasteiger partial charge is 0.163 e. The maximum Gasteiger partial charge on any atom is 0.163 e. The summed E-state index contributed by atoms with van der Waals surface area (Å²) in [6.45, 7) is 8.13. The fraction of sp³-hybridized carbons (Fsp3) is 0.0789. The van der Waals surface area contributed by atoms with Crippen LogP contribution in [0.4, 0.5) is 0 Å². The van der Waals surface area contributed by atoms with E-state index in [4.69, 9.17) is 5.11 Å². The molecule has 0 aliphatic heterocycles. The second-order valence-electron chi connectivity index (χ2n) is 9.61. The van der Waals surface area contributed by atoms with Crippen LogP contribution in [-0.4, -0.2) is 20.9 Å². The summed E-state index contributed by atoms with van der Waals surface area (Å²) >= 11 is 0. The SMILES string of the molecule is C=C(C)/C(C(C)=O)=C(\C)O.[Ir].[c-]1ccccc1-c1nccc2ccccc12.[c-]1ccccc1-c1nccc2ccccc12. The van der Waals surface area contributed by atoms with E-state index in [1.54, 1.807) is 6.92 Å². The van der Waals surface area contributed by atoms with Crippen LogP contribution in [0.5, 0.6) is 0 Å². The van der Waals surface area contributed by atoms with Crippen molar-refractivity contribution in [1.82, 2.24) is 9.97 Å². The first kappa shape index (κ1) is 32.8. The van der Waals surface area contributed by atoms with Gasteiger partial charge in [0.05, 0.1) is 5.57 Å². The van der Waals surface area contributed by atoms with E-state index >= 15 is 0 Å². The number of hydrogen-bond donors (Lipinski definition) is 1. The van der Waals surface area contributed by atoms with Crippen LogP contribution in [-0.2, 0) is 24.9 Å². The Hall–Kier alpha value is -4.70. The molecule has 0 bridgehead atoms. The molecule has 5 heteroatoms. The summed E-state index contributed by atoms with van der Waals surface area (Å²) in [5.41, 5.74) is 5.02. The van der Waals surface area contributed by atoms with Crippen LogP contribution in [0.15, 0.2) is 145 Å². The minimum Gasteiger partial charge on any atom is -0.512 e. The molecule has 6 rings (SSSR count). The topological polar surface area (TPSA) is 63.1 Å². The average molecular weight is 741 g/mol. The van der Waals surface area contributed by atoms with Gasteiger partial charge in [-0.05, 0) is 71.4 Å². The first-order valence-corrected chi connectivity index (χ1v) is 13.5. The van der Waals surface area contributed by atoms with E-state index in [0.717, 1.165) is 22.5 Å². The molecule has 217 valence electrons. The van der Waals surface area contributed by atoms with E-state index in [-0.39, 0.29) is 31.6 Å². The second-order valence-corrected chi connectivity index (χ2v) is 9.61. The van der Waals surface area contributed by atoms with E-state index < -0.39 is 0 Å². The van der Waals surface area contributed by atoms with Crippen LogP contribution >= 0.6 is 0 Å². The largest absolute Gasteiger partial charge is 0.512 e. The van der Waals surface area contributed by atoms with Gasteiger partial charge in [-0.2, -0.15) is 0 Å². The monoisotopic (exact) mass is 741 g/mol. The van der Waals surface area contributed by atoms with Crippen molar-refractivity contribution in [3.05, 3.63) is 157 Å². The molecule has 0 unspecified atom stereocenters. The number of allylic oxidation sites excluding steroid dienone is 3. The minimum atomic E-state index is -0.146. The Morgan fingerprint density at radius 3 is 1.40 bits per heavy atom. The maximum atomic E-state index is 10.7. The summed E-state index contributed by atoms with van der Waals surface area (Å²) in [5.74, 6) is -0.104. The fourth-order valence-electron chi connectivity index (χ4n) is 4.61. The van der Waals surface area contributed by atoms with Crippen LogP contribution in [0.25, 0.3) is 44.1 Å². The third-order valence-electron chi connectivity index (χ3n) is 6.42. The number of benzene rings is 4. The zero-order chi connectivity index (χ0) is 29.9. The van der Waals surface area contributed by atoms with Gasteiger partial charge in [0.2, 0.25) is 0 Å². The molecule has 0 saturated carbocycles. The number of ketones is 1. The Bertz CT molecular complexity index is 1700. The average Bonchev–Trinajstić information content (AvgIpc) is 3.01. The van der Waals surface area contributed by atoms with Gasteiger partial charge in [-0.1, -0.05) is 55.1 Å². The second kappa shape index (κ2) is 16.1. The standard InChI is InChI=1S/2C15H10N.C8H12O2.Ir/c2*1-2-7-13(8-3-1)15-14-9-5-4-6-12(14)10-11-16-15;1-5(2)8(6(3)9)7(4)10;/h2*1-7,9-11H;9H,1H2,2-4H3;/q2*-1;;/b;;8-6-;. The number of hydrogen-bond acceptors (Lipinski definition) is 4. The molecule has 0 saturated heterocycles. The number of aliphatic hydroxyl groups is 1. The summed E-state index contributed by atoms with van der Waals surface area (Å²) in [5, 5.41) is 13.7. The Morgan fingerprint density at radius 1 is 0.651 bits per heavy atom. The van der Waals surface area contributed by atoms with Crippen LogP contribution in [0.3, 0.4) is 0 Å². The van der Waals surface area contributed by atoms with Gasteiger partial charge in [-0.25, -0.2) is 0 Å². The van der Waals surface area contributed by atoms with Gasteiger partial charge >= 0.3 is 0 Å². The third kappa shape index (κ3) is 8.65. The summed E-state index contributed by atoms with van der Waals surface area (Å²) in [7, 11) is 0. The van der Waals surface area contributed by atoms with E-state index in [2.05, 4.69) is 52.9 Å². The molecule has 4 nitrogen and oxygen atoms in total. The van der Waals surface area contributed by atoms with Crippen molar-refractivity contribution in [2.24, 2.45) is 0 Å². The van der Waals surface area contributed by atoms with Gasteiger partial charge in [0, 0.05) is 32.5 Å². The van der Waals surface area contributed by atoms with Crippen molar-refractivity contribution in [2.75, 3.05) is 0 Å². The number of Topliss-reactive ketones (excluding diaryl/α,β-unsaturated/α-hetero) is 1. The Balaban J connectivity index is 0.000000181. The van der Waals surface area contributed by atoms with Gasteiger partial charge in [0.25, 0.3) is 0 Å². The number of aromatic nitrogens is 2. The maximum absolute atomic E-state index is 10.7. The number of carbonyl (C=O) groups is 1. The van der Waals surface area contributed by atoms with Gasteiger partial charge in [-0.15, -0.1) is 71.8 Å². The first-order valence-electron chi connectivity index (χ1n) is 13.5. The summed E-state index contributed by atoms with van der Waals surface area (Å²) in [6, 6.07) is 42.9. The molecule has 0 fully saturated rings. The van der Waals surface area contributed by atoms with Crippen molar-refractivity contribution >= 4 is 27.3 Å². The quantitative estimate of drug-likeness (QED) is 0.0847. The number of rotatable bonds is 4. The molecule has 6 aromatic rings. The number of nitrogens with zero attached hydrogens (tertiary/aromatic N) is 2. The Morgan fingerprint density at radius 2 is 1.07 bits per heavy atom. The number of fused-ring (bicyclic) bond motifs is 2. The number of pyridine rings is 2. The molecule has 0 aliphatic carbocycles. The van der Waals surface area contributed by atoms with E-state index in [9.17, 15) is 4.79 Å². The van der Waals surface area contributed by atoms with Crippen LogP contribution in [0.1, 0.15) is 20.8 Å². The molecule has 2 heterocycles. The van der Waals surface area contributed by atoms with Crippen molar-refractivity contribution < 1.29 is 30.0 Å². The van der Waals surface area contributed by atoms with Crippen molar-refractivity contribution in [2.45, 2.75) is 20.8 Å². The molecular formula is C38H32IrN2O2-2. The van der Waals surface area contributed by atoms with Gasteiger partial charge in [0.15, 0.2) is 5.78 Å². The van der Waals surface area contributed by atoms with E-state index in [1.165, 1.54) is 35.4 Å². The van der Waals surface area contributed by atoms with Crippen LogP contribution in [0.2, 0.25) is 0 Å². The molecule has 43 heavy (non-hydrogen) atoms. The predicted octanol–water partition coefficient (Wildman–Crippen LogP) is 9.38. The number of carbonyl (C=O) groups excluding carboxylic acids is 1. The normalized spacial score (nSPS) is 10.7. The fourth-order valence-corrected chi connectivity index (χ4v) is 4.61. The summed E-state index contributed by atoms with van der Waals surface area (Å²) in [4.78, 5) is 19.6. The van der Waals surface area contributed by atoms with Crippen molar-refractivity contribution in [3.63, 3.8) is 0 Å². The molecule has 1 N–H and O–H groups in total. The van der Waals surface area contributed by atoms with Crippen LogP contribution in [0, 0.1) is 12.1 Å². The summed E-state index contributed by atoms with van der Waals surface area (Å²) in [6.07, 6.45) is 3.69. The van der Waals surface area contributed by atoms with Crippen LogP contribution < -0.4 is 0 Å². The Kier molecular flexibility index (Phi) is 12.3. The Labute approximate surface area is 266 Å². The summed E-state index contributed by atoms with van der Waals surface area (Å²) < 4.78 is 0. The molecule has 1 radical (unpaired) electrons. The zero-order valence-electron chi connectivity index (χ0n) is 24.3. The molecule has 2 aromatic heterocycles. The predicted molar refractivity (Wildman–Crippen MR) is 173 cm³/mol. The molecule has 0 atom stereocenters. The molecule has 0 spiro atoms. The van der Waals surface area contributed by atoms with Crippen molar-refractivity contribution in [1.29, 1.82) is 0 Å². The molecule has 0 amide bonds. The van der Waals surface area contributed by atoms with E-state index in [0.29, 0.717) is 11.1 Å². The van der Waals surface area contributed by atoms with E-state index in [1.807, 2.05) is 97.3 Å². The van der Waals surface area contributed by atoms with Gasteiger partial charge in [0.1, 0.15) is 5.76 Å². The molecule has 4 aromatic carbocycles. The van der Waals surface area contributed by atoms with Gasteiger partial charge < -0.3 is 15.1 Å². The minimum absolute atomic E-state index is 0. The van der Waals surface area contributed by atoms with Crippen molar-refractivity contribution in [3.8, 4) is 22.5 Å². The third-order valence-corrected chi connectivity index (χ3v) is 6.42. The number of aliphatic hydroxyl groups excluding tert-OH is 1. The molecular weight excluding hydrogens is 709 g/mol. The zero-order valence-corrected chi connectivity index (χ0v) is 26.7.